The molecule has 0 spiro atoms. The molecule has 0 N–H and O–H groups in total. The maximum atomic E-state index is 5.70. The molecule has 0 amide bonds. The second kappa shape index (κ2) is 6.82. The summed E-state index contributed by atoms with van der Waals surface area (Å²) in [4.78, 5) is 1.56. The largest absolute Gasteiger partial charge is 0.492 e. The number of rotatable bonds is 5. The zero-order valence-electron chi connectivity index (χ0n) is 11.4. The van der Waals surface area contributed by atoms with Gasteiger partial charge >= 0.3 is 0 Å². The summed E-state index contributed by atoms with van der Waals surface area (Å²) in [6.45, 7) is 2.86. The first-order valence-electron chi connectivity index (χ1n) is 6.72. The Morgan fingerprint density at radius 1 is 1.19 bits per heavy atom. The highest BCUT2D eigenvalue weighted by molar-refractivity contribution is 9.10. The first-order valence-corrected chi connectivity index (χ1v) is 10.1. The molecule has 1 aromatic carbocycles. The molecular weight excluding hydrogens is 432 g/mol. The van der Waals surface area contributed by atoms with Crippen LogP contribution < -0.4 is 4.74 Å². The van der Waals surface area contributed by atoms with E-state index >= 15 is 0 Å². The Morgan fingerprint density at radius 3 is 2.76 bits per heavy atom. The number of hydrogen-bond acceptors (Lipinski definition) is 3. The number of thiophene rings is 2. The van der Waals surface area contributed by atoms with Crippen molar-refractivity contribution in [3.05, 3.63) is 50.6 Å². The maximum absolute atomic E-state index is 5.70. The van der Waals surface area contributed by atoms with Crippen molar-refractivity contribution in [3.8, 4) is 5.75 Å². The SMILES string of the molecule is CCCOc1ccc(C(Br)c2cc3sccc3s2)cc1Br. The lowest BCUT2D eigenvalue weighted by atomic mass is 10.1. The quantitative estimate of drug-likeness (QED) is 0.384. The molecule has 3 aromatic rings. The van der Waals surface area contributed by atoms with Gasteiger partial charge in [0.05, 0.1) is 15.9 Å². The molecule has 3 rings (SSSR count). The molecule has 5 heteroatoms. The van der Waals surface area contributed by atoms with Crippen molar-refractivity contribution in [2.45, 2.75) is 18.2 Å². The van der Waals surface area contributed by atoms with Gasteiger partial charge in [-0.15, -0.1) is 22.7 Å². The van der Waals surface area contributed by atoms with Gasteiger partial charge in [-0.25, -0.2) is 0 Å². The highest BCUT2D eigenvalue weighted by atomic mass is 79.9. The van der Waals surface area contributed by atoms with Crippen molar-refractivity contribution >= 4 is 63.9 Å². The third kappa shape index (κ3) is 3.36. The Morgan fingerprint density at radius 2 is 2.05 bits per heavy atom. The average molecular weight is 446 g/mol. The topological polar surface area (TPSA) is 9.23 Å². The maximum Gasteiger partial charge on any atom is 0.133 e. The number of alkyl halides is 1. The van der Waals surface area contributed by atoms with Crippen LogP contribution in [-0.2, 0) is 0 Å². The molecule has 1 nitrogen and oxygen atoms in total. The van der Waals surface area contributed by atoms with Crippen molar-refractivity contribution in [1.29, 1.82) is 0 Å². The number of fused-ring (bicyclic) bond motifs is 1. The van der Waals surface area contributed by atoms with E-state index in [1.807, 2.05) is 17.4 Å². The van der Waals surface area contributed by atoms with Gasteiger partial charge in [0.15, 0.2) is 0 Å². The fourth-order valence-corrected chi connectivity index (χ4v) is 5.41. The van der Waals surface area contributed by atoms with Gasteiger partial charge in [0, 0.05) is 14.3 Å². The molecule has 110 valence electrons. The van der Waals surface area contributed by atoms with Gasteiger partial charge in [-0.05, 0) is 57.6 Å². The van der Waals surface area contributed by atoms with Gasteiger partial charge < -0.3 is 4.74 Å². The van der Waals surface area contributed by atoms with Gasteiger partial charge in [0.25, 0.3) is 0 Å². The zero-order chi connectivity index (χ0) is 14.8. The fraction of sp³-hybridized carbons (Fsp3) is 0.250. The van der Waals surface area contributed by atoms with E-state index in [9.17, 15) is 0 Å². The molecule has 1 atom stereocenters. The Labute approximate surface area is 149 Å². The van der Waals surface area contributed by atoms with Crippen LogP contribution in [0.5, 0.6) is 5.75 Å². The van der Waals surface area contributed by atoms with E-state index in [0.29, 0.717) is 0 Å². The molecule has 0 radical (unpaired) electrons. The molecule has 0 aliphatic carbocycles. The summed E-state index contributed by atoms with van der Waals surface area (Å²) in [7, 11) is 0. The summed E-state index contributed by atoms with van der Waals surface area (Å²) in [6, 6.07) is 10.8. The summed E-state index contributed by atoms with van der Waals surface area (Å²) in [6.07, 6.45) is 1.02. The van der Waals surface area contributed by atoms with Gasteiger partial charge in [-0.3, -0.25) is 0 Å². The Balaban J connectivity index is 1.85. The monoisotopic (exact) mass is 444 g/mol. The zero-order valence-corrected chi connectivity index (χ0v) is 16.2. The van der Waals surface area contributed by atoms with Gasteiger partial charge in [-0.1, -0.05) is 28.9 Å². The minimum Gasteiger partial charge on any atom is -0.492 e. The van der Waals surface area contributed by atoms with E-state index < -0.39 is 0 Å². The number of benzene rings is 1. The van der Waals surface area contributed by atoms with Crippen LogP contribution in [0.2, 0.25) is 0 Å². The van der Waals surface area contributed by atoms with Crippen molar-refractivity contribution in [1.82, 2.24) is 0 Å². The smallest absolute Gasteiger partial charge is 0.133 e. The summed E-state index contributed by atoms with van der Waals surface area (Å²) >= 11 is 11.1. The Bertz CT molecular complexity index is 719. The first kappa shape index (κ1) is 15.5. The lowest BCUT2D eigenvalue weighted by Crippen LogP contribution is -1.97. The third-order valence-corrected chi connectivity index (χ3v) is 7.22. The van der Waals surface area contributed by atoms with Crippen LogP contribution in [0.4, 0.5) is 0 Å². The summed E-state index contributed by atoms with van der Waals surface area (Å²) in [5.74, 6) is 0.910. The van der Waals surface area contributed by atoms with E-state index in [1.165, 1.54) is 19.8 Å². The van der Waals surface area contributed by atoms with E-state index in [0.717, 1.165) is 23.2 Å². The summed E-state index contributed by atoms with van der Waals surface area (Å²) < 4.78 is 9.44. The third-order valence-electron chi connectivity index (χ3n) is 3.12. The molecule has 1 unspecified atom stereocenters. The predicted octanol–water partition coefficient (Wildman–Crippen LogP) is 7.00. The van der Waals surface area contributed by atoms with Crippen molar-refractivity contribution < 1.29 is 4.74 Å². The number of halogens is 2. The summed E-state index contributed by atoms with van der Waals surface area (Å²) in [5.41, 5.74) is 1.24. The van der Waals surface area contributed by atoms with Crippen molar-refractivity contribution in [3.63, 3.8) is 0 Å². The molecule has 0 bridgehead atoms. The minimum atomic E-state index is 0.221. The molecular formula is C16H14Br2OS2. The molecule has 0 saturated heterocycles. The average Bonchev–Trinajstić information content (AvgIpc) is 3.06. The Hall–Kier alpha value is -0.360. The van der Waals surface area contributed by atoms with Crippen LogP contribution in [-0.4, -0.2) is 6.61 Å². The highest BCUT2D eigenvalue weighted by Gasteiger charge is 2.15. The van der Waals surface area contributed by atoms with Crippen molar-refractivity contribution in [2.75, 3.05) is 6.61 Å². The number of ether oxygens (including phenoxy) is 1. The highest BCUT2D eigenvalue weighted by Crippen LogP contribution is 2.41. The molecule has 0 aliphatic heterocycles. The van der Waals surface area contributed by atoms with Crippen LogP contribution in [0.1, 0.15) is 28.6 Å². The standard InChI is InChI=1S/C16H14Br2OS2/c1-2-6-19-12-4-3-10(8-11(12)17)16(18)15-9-14-13(21-15)5-7-20-14/h3-5,7-9,16H,2,6H2,1H3. The normalized spacial score (nSPS) is 12.7. The Kier molecular flexibility index (Phi) is 5.04. The van der Waals surface area contributed by atoms with Crippen LogP contribution in [0, 0.1) is 0 Å². The molecule has 0 aliphatic rings. The van der Waals surface area contributed by atoms with Crippen LogP contribution in [0.25, 0.3) is 9.40 Å². The van der Waals surface area contributed by atoms with Crippen LogP contribution >= 0.6 is 54.5 Å². The molecule has 21 heavy (non-hydrogen) atoms. The van der Waals surface area contributed by atoms with Gasteiger partial charge in [0.1, 0.15) is 5.75 Å². The fourth-order valence-electron chi connectivity index (χ4n) is 2.08. The first-order chi connectivity index (χ1) is 10.2. The number of hydrogen-bond donors (Lipinski definition) is 0. The van der Waals surface area contributed by atoms with E-state index in [4.69, 9.17) is 4.74 Å². The van der Waals surface area contributed by atoms with Crippen molar-refractivity contribution in [2.24, 2.45) is 0 Å². The van der Waals surface area contributed by atoms with Crippen LogP contribution in [0.15, 0.2) is 40.2 Å². The van der Waals surface area contributed by atoms with Gasteiger partial charge in [-0.2, -0.15) is 0 Å². The predicted molar refractivity (Wildman–Crippen MR) is 100 cm³/mol. The lowest BCUT2D eigenvalue weighted by Gasteiger charge is -2.12. The van der Waals surface area contributed by atoms with E-state index in [2.05, 4.69) is 68.4 Å². The van der Waals surface area contributed by atoms with Crippen LogP contribution in [0.3, 0.4) is 0 Å². The van der Waals surface area contributed by atoms with E-state index in [-0.39, 0.29) is 4.83 Å². The second-order valence-corrected chi connectivity index (χ2v) is 8.53. The summed E-state index contributed by atoms with van der Waals surface area (Å²) in [5, 5.41) is 2.14. The second-order valence-electron chi connectivity index (χ2n) is 4.70. The molecule has 2 heterocycles. The lowest BCUT2D eigenvalue weighted by molar-refractivity contribution is 0.315. The van der Waals surface area contributed by atoms with Gasteiger partial charge in [0.2, 0.25) is 0 Å². The molecule has 0 fully saturated rings. The van der Waals surface area contributed by atoms with E-state index in [1.54, 1.807) is 11.3 Å². The minimum absolute atomic E-state index is 0.221. The molecule has 0 saturated carbocycles. The molecule has 2 aromatic heterocycles.